The van der Waals surface area contributed by atoms with E-state index in [1.54, 1.807) is 12.4 Å². The number of rotatable bonds is 0. The molecule has 0 saturated carbocycles. The lowest BCUT2D eigenvalue weighted by molar-refractivity contribution is 0.162. The lowest BCUT2D eigenvalue weighted by Gasteiger charge is -1.98. The van der Waals surface area contributed by atoms with E-state index in [4.69, 9.17) is 0 Å². The van der Waals surface area contributed by atoms with Gasteiger partial charge in [0.2, 0.25) is 0 Å². The van der Waals surface area contributed by atoms with Crippen molar-refractivity contribution in [3.8, 4) is 0 Å². The molecule has 3 rings (SSSR count). The molecule has 4 heteroatoms. The summed E-state index contributed by atoms with van der Waals surface area (Å²) in [6, 6.07) is 7.57. The lowest BCUT2D eigenvalue weighted by Crippen LogP contribution is -1.92. The first-order valence-corrected chi connectivity index (χ1v) is 4.27. The Morgan fingerprint density at radius 2 is 2.14 bits per heavy atom. The molecule has 0 bridgehead atoms. The summed E-state index contributed by atoms with van der Waals surface area (Å²) in [5.74, 6) is 0. The minimum absolute atomic E-state index is 0.704. The molecule has 2 aromatic heterocycles. The molecule has 0 saturated heterocycles. The maximum Gasteiger partial charge on any atom is 0.119 e. The number of pyridine rings is 1. The van der Waals surface area contributed by atoms with Gasteiger partial charge < -0.3 is 5.21 Å². The Morgan fingerprint density at radius 3 is 3.07 bits per heavy atom. The summed E-state index contributed by atoms with van der Waals surface area (Å²) in [5, 5.41) is 15.1. The largest absolute Gasteiger partial charge is 0.411 e. The third-order valence-corrected chi connectivity index (χ3v) is 2.29. The quantitative estimate of drug-likeness (QED) is 0.543. The molecule has 68 valence electrons. The van der Waals surface area contributed by atoms with Gasteiger partial charge in [0.25, 0.3) is 0 Å². The van der Waals surface area contributed by atoms with E-state index in [0.717, 1.165) is 21.1 Å². The van der Waals surface area contributed by atoms with E-state index in [0.29, 0.717) is 5.52 Å². The summed E-state index contributed by atoms with van der Waals surface area (Å²) in [6.45, 7) is 0. The smallest absolute Gasteiger partial charge is 0.119 e. The van der Waals surface area contributed by atoms with Gasteiger partial charge in [0.05, 0.1) is 11.7 Å². The van der Waals surface area contributed by atoms with Gasteiger partial charge in [-0.25, -0.2) is 0 Å². The van der Waals surface area contributed by atoms with Crippen molar-refractivity contribution >= 4 is 21.8 Å². The SMILES string of the molecule is On1ncc2ccc3ncccc3c21. The number of benzene rings is 1. The van der Waals surface area contributed by atoms with Gasteiger partial charge >= 0.3 is 0 Å². The molecule has 0 aliphatic rings. The second-order valence-corrected chi connectivity index (χ2v) is 3.11. The summed E-state index contributed by atoms with van der Waals surface area (Å²) in [7, 11) is 0. The summed E-state index contributed by atoms with van der Waals surface area (Å²) in [4.78, 5) is 5.09. The molecule has 1 N–H and O–H groups in total. The minimum atomic E-state index is 0.704. The van der Waals surface area contributed by atoms with Crippen molar-refractivity contribution in [1.29, 1.82) is 0 Å². The molecule has 0 aliphatic carbocycles. The average Bonchev–Trinajstić information content (AvgIpc) is 2.61. The molecule has 2 heterocycles. The molecule has 0 atom stereocenters. The van der Waals surface area contributed by atoms with Crippen LogP contribution in [0.1, 0.15) is 0 Å². The Balaban J connectivity index is 2.65. The van der Waals surface area contributed by atoms with Gasteiger partial charge in [-0.3, -0.25) is 4.98 Å². The number of nitrogens with zero attached hydrogens (tertiary/aromatic N) is 3. The van der Waals surface area contributed by atoms with Crippen LogP contribution in [0.4, 0.5) is 0 Å². The Morgan fingerprint density at radius 1 is 1.21 bits per heavy atom. The minimum Gasteiger partial charge on any atom is -0.411 e. The first-order chi connectivity index (χ1) is 6.86. The van der Waals surface area contributed by atoms with Crippen molar-refractivity contribution in [3.63, 3.8) is 0 Å². The number of hydrogen-bond acceptors (Lipinski definition) is 3. The normalized spacial score (nSPS) is 11.1. The first kappa shape index (κ1) is 7.32. The highest BCUT2D eigenvalue weighted by Gasteiger charge is 2.05. The van der Waals surface area contributed by atoms with Crippen molar-refractivity contribution in [2.75, 3.05) is 0 Å². The highest BCUT2D eigenvalue weighted by atomic mass is 16.5. The van der Waals surface area contributed by atoms with Gasteiger partial charge in [-0.15, -0.1) is 9.94 Å². The van der Waals surface area contributed by atoms with Crippen molar-refractivity contribution in [2.24, 2.45) is 0 Å². The van der Waals surface area contributed by atoms with Crippen LogP contribution in [0.25, 0.3) is 21.8 Å². The number of fused-ring (bicyclic) bond motifs is 3. The van der Waals surface area contributed by atoms with Crippen LogP contribution in [-0.4, -0.2) is 20.1 Å². The third-order valence-electron chi connectivity index (χ3n) is 2.29. The topological polar surface area (TPSA) is 50.9 Å². The van der Waals surface area contributed by atoms with Crippen LogP contribution in [0.3, 0.4) is 0 Å². The molecule has 0 fully saturated rings. The van der Waals surface area contributed by atoms with Gasteiger partial charge in [-0.05, 0) is 24.3 Å². The zero-order valence-electron chi connectivity index (χ0n) is 7.25. The maximum atomic E-state index is 9.49. The molecule has 0 amide bonds. The Hall–Kier alpha value is -2.10. The van der Waals surface area contributed by atoms with Gasteiger partial charge in [0.15, 0.2) is 0 Å². The molecule has 0 spiro atoms. The fraction of sp³-hybridized carbons (Fsp3) is 0. The van der Waals surface area contributed by atoms with E-state index in [1.165, 1.54) is 0 Å². The summed E-state index contributed by atoms with van der Waals surface area (Å²) in [5.41, 5.74) is 1.56. The van der Waals surface area contributed by atoms with Crippen LogP contribution in [0.2, 0.25) is 0 Å². The third kappa shape index (κ3) is 0.821. The first-order valence-electron chi connectivity index (χ1n) is 4.27. The molecular formula is C10H7N3O. The molecule has 1 aromatic carbocycles. The Kier molecular flexibility index (Phi) is 1.28. The lowest BCUT2D eigenvalue weighted by atomic mass is 10.1. The van der Waals surface area contributed by atoms with Crippen LogP contribution in [-0.2, 0) is 0 Å². The number of hydrogen-bond donors (Lipinski definition) is 1. The van der Waals surface area contributed by atoms with Crippen molar-refractivity contribution in [1.82, 2.24) is 14.9 Å². The molecule has 3 aromatic rings. The zero-order valence-corrected chi connectivity index (χ0v) is 7.25. The zero-order chi connectivity index (χ0) is 9.54. The average molecular weight is 185 g/mol. The molecule has 0 radical (unpaired) electrons. The van der Waals surface area contributed by atoms with Crippen LogP contribution in [0.5, 0.6) is 0 Å². The monoisotopic (exact) mass is 185 g/mol. The van der Waals surface area contributed by atoms with E-state index >= 15 is 0 Å². The second-order valence-electron chi connectivity index (χ2n) is 3.11. The summed E-state index contributed by atoms with van der Waals surface area (Å²) < 4.78 is 0. The maximum absolute atomic E-state index is 9.49. The highest BCUT2D eigenvalue weighted by molar-refractivity contribution is 6.03. The Labute approximate surface area is 79.4 Å². The molecule has 14 heavy (non-hydrogen) atoms. The molecule has 0 aliphatic heterocycles. The van der Waals surface area contributed by atoms with Crippen molar-refractivity contribution in [2.45, 2.75) is 0 Å². The predicted molar refractivity (Wildman–Crippen MR) is 52.2 cm³/mol. The summed E-state index contributed by atoms with van der Waals surface area (Å²) in [6.07, 6.45) is 3.36. The molecular weight excluding hydrogens is 178 g/mol. The van der Waals surface area contributed by atoms with Crippen LogP contribution < -0.4 is 0 Å². The molecule has 0 unspecified atom stereocenters. The van der Waals surface area contributed by atoms with Crippen LogP contribution in [0.15, 0.2) is 36.7 Å². The van der Waals surface area contributed by atoms with Gasteiger partial charge in [-0.1, -0.05) is 0 Å². The van der Waals surface area contributed by atoms with E-state index in [1.807, 2.05) is 24.3 Å². The van der Waals surface area contributed by atoms with Gasteiger partial charge in [0, 0.05) is 17.0 Å². The fourth-order valence-corrected chi connectivity index (χ4v) is 1.66. The molecule has 4 nitrogen and oxygen atoms in total. The van der Waals surface area contributed by atoms with Crippen molar-refractivity contribution < 1.29 is 5.21 Å². The predicted octanol–water partition coefficient (Wildman–Crippen LogP) is 1.82. The Bertz CT molecular complexity index is 615. The number of aromatic nitrogens is 3. The second kappa shape index (κ2) is 2.45. The highest BCUT2D eigenvalue weighted by Crippen LogP contribution is 2.22. The van der Waals surface area contributed by atoms with Gasteiger partial charge in [0.1, 0.15) is 5.52 Å². The summed E-state index contributed by atoms with van der Waals surface area (Å²) >= 11 is 0. The van der Waals surface area contributed by atoms with E-state index < -0.39 is 0 Å². The van der Waals surface area contributed by atoms with E-state index in [-0.39, 0.29) is 0 Å². The van der Waals surface area contributed by atoms with Crippen LogP contribution >= 0.6 is 0 Å². The van der Waals surface area contributed by atoms with Crippen LogP contribution in [0, 0.1) is 0 Å². The van der Waals surface area contributed by atoms with E-state index in [2.05, 4.69) is 10.1 Å². The fourth-order valence-electron chi connectivity index (χ4n) is 1.66. The van der Waals surface area contributed by atoms with Gasteiger partial charge in [-0.2, -0.15) is 0 Å². The van der Waals surface area contributed by atoms with E-state index in [9.17, 15) is 5.21 Å². The standard InChI is InChI=1S/C10H7N3O/c14-13-10-7(6-12-13)3-4-9-8(10)2-1-5-11-9/h1-6,14H. The van der Waals surface area contributed by atoms with Crippen molar-refractivity contribution in [3.05, 3.63) is 36.7 Å².